The third-order valence-corrected chi connectivity index (χ3v) is 1.48. The summed E-state index contributed by atoms with van der Waals surface area (Å²) in [6.07, 6.45) is 1.28. The first kappa shape index (κ1) is 8.68. The lowest BCUT2D eigenvalue weighted by Crippen LogP contribution is -2.27. The van der Waals surface area contributed by atoms with Gasteiger partial charge >= 0.3 is 5.69 Å². The van der Waals surface area contributed by atoms with Crippen molar-refractivity contribution in [1.29, 1.82) is 0 Å². The van der Waals surface area contributed by atoms with Crippen molar-refractivity contribution in [2.24, 2.45) is 0 Å². The molecule has 62 valence electrons. The normalized spacial score (nSPS) is 8.83. The van der Waals surface area contributed by atoms with Crippen LogP contribution in [0.4, 0.5) is 0 Å². The first-order chi connectivity index (χ1) is 5.65. The van der Waals surface area contributed by atoms with Gasteiger partial charge in [-0.3, -0.25) is 9.78 Å². The van der Waals surface area contributed by atoms with E-state index in [9.17, 15) is 9.59 Å². The average molecular weight is 182 g/mol. The van der Waals surface area contributed by atoms with Gasteiger partial charge in [-0.1, -0.05) is 18.7 Å². The van der Waals surface area contributed by atoms with Crippen LogP contribution in [0.1, 0.15) is 12.5 Å². The molecule has 0 radical (unpaired) electrons. The topological polar surface area (TPSA) is 54.9 Å². The van der Waals surface area contributed by atoms with Gasteiger partial charge in [0.2, 0.25) is 0 Å². The first-order valence-corrected chi connectivity index (χ1v) is 3.53. The molecule has 1 heterocycles. The molecule has 1 N–H and O–H groups in total. The molecule has 1 aromatic heterocycles. The number of rotatable bonds is 0. The van der Waals surface area contributed by atoms with Crippen molar-refractivity contribution in [2.75, 3.05) is 0 Å². The molecule has 0 saturated carbocycles. The maximum Gasteiger partial charge on any atom is 0.338 e. The Morgan fingerprint density at radius 2 is 2.25 bits per heavy atom. The highest BCUT2D eigenvalue weighted by Crippen LogP contribution is 1.84. The fourth-order valence-electron chi connectivity index (χ4n) is 0.685. The van der Waals surface area contributed by atoms with Crippen LogP contribution in [0.15, 0.2) is 15.8 Å². The maximum absolute atomic E-state index is 11.0. The molecular weight excluding hydrogens is 176 g/mol. The van der Waals surface area contributed by atoms with Crippen LogP contribution in [-0.4, -0.2) is 8.96 Å². The molecule has 0 aromatic carbocycles. The van der Waals surface area contributed by atoms with Gasteiger partial charge in [-0.25, -0.2) is 8.77 Å². The first-order valence-electron chi connectivity index (χ1n) is 3.13. The minimum absolute atomic E-state index is 0.229. The van der Waals surface area contributed by atoms with Crippen LogP contribution in [0.25, 0.3) is 0 Å². The quantitative estimate of drug-likeness (QED) is 0.424. The van der Waals surface area contributed by atoms with E-state index in [1.54, 1.807) is 6.92 Å². The van der Waals surface area contributed by atoms with E-state index in [-0.39, 0.29) is 5.56 Å². The minimum atomic E-state index is -0.565. The lowest BCUT2D eigenvalue weighted by molar-refractivity contribution is 0.987. The van der Waals surface area contributed by atoms with E-state index >= 15 is 0 Å². The van der Waals surface area contributed by atoms with Gasteiger partial charge in [-0.05, 0) is 6.92 Å². The Morgan fingerprint density at radius 1 is 1.58 bits per heavy atom. The Bertz CT molecular complexity index is 461. The summed E-state index contributed by atoms with van der Waals surface area (Å²) in [5.41, 5.74) is -0.822. The van der Waals surface area contributed by atoms with Gasteiger partial charge in [0, 0.05) is 6.20 Å². The van der Waals surface area contributed by atoms with Crippen LogP contribution in [0, 0.1) is 11.8 Å². The molecule has 1 rings (SSSR count). The van der Waals surface area contributed by atoms with Crippen molar-refractivity contribution in [3.8, 4) is 11.8 Å². The number of hydrogen-bond donors (Lipinski definition) is 2. The molecule has 0 spiro atoms. The molecule has 0 saturated heterocycles. The number of nitrogens with one attached hydrogen (secondary N) is 1. The van der Waals surface area contributed by atoms with Crippen LogP contribution in [0.2, 0.25) is 0 Å². The second kappa shape index (κ2) is 3.32. The Balaban J connectivity index is 3.50. The van der Waals surface area contributed by atoms with Crippen molar-refractivity contribution >= 4 is 12.8 Å². The molecular formula is C7H6N2O2S. The van der Waals surface area contributed by atoms with E-state index < -0.39 is 11.2 Å². The zero-order valence-corrected chi connectivity index (χ0v) is 7.18. The molecule has 1 aromatic rings. The molecule has 0 aliphatic carbocycles. The maximum atomic E-state index is 11.0. The predicted molar refractivity (Wildman–Crippen MR) is 48.3 cm³/mol. The van der Waals surface area contributed by atoms with Gasteiger partial charge in [0.15, 0.2) is 0 Å². The van der Waals surface area contributed by atoms with Gasteiger partial charge in [0.05, 0.1) is 0 Å². The zero-order valence-electron chi connectivity index (χ0n) is 6.29. The fourth-order valence-corrected chi connectivity index (χ4v) is 0.850. The van der Waals surface area contributed by atoms with Gasteiger partial charge in [-0.15, -0.1) is 5.92 Å². The van der Waals surface area contributed by atoms with Crippen molar-refractivity contribution in [1.82, 2.24) is 8.96 Å². The van der Waals surface area contributed by atoms with Crippen LogP contribution in [0.3, 0.4) is 0 Å². The molecule has 4 nitrogen and oxygen atoms in total. The highest BCUT2D eigenvalue weighted by molar-refractivity contribution is 7.78. The minimum Gasteiger partial charge on any atom is -0.272 e. The number of hydrogen-bond acceptors (Lipinski definition) is 3. The monoisotopic (exact) mass is 182 g/mol. The molecule has 12 heavy (non-hydrogen) atoms. The molecule has 0 amide bonds. The Kier molecular flexibility index (Phi) is 2.41. The van der Waals surface area contributed by atoms with Gasteiger partial charge in [0.25, 0.3) is 5.56 Å². The second-order valence-electron chi connectivity index (χ2n) is 2.02. The summed E-state index contributed by atoms with van der Waals surface area (Å²) in [4.78, 5) is 23.8. The van der Waals surface area contributed by atoms with Crippen LogP contribution in [-0.2, 0) is 0 Å². The third-order valence-electron chi connectivity index (χ3n) is 1.18. The highest BCUT2D eigenvalue weighted by atomic mass is 32.1. The fraction of sp³-hybridized carbons (Fsp3) is 0.143. The van der Waals surface area contributed by atoms with E-state index in [1.165, 1.54) is 6.20 Å². The number of thiol groups is 1. The average Bonchev–Trinajstić information content (AvgIpc) is 2.01. The highest BCUT2D eigenvalue weighted by Gasteiger charge is 1.97. The summed E-state index contributed by atoms with van der Waals surface area (Å²) in [7, 11) is 0. The number of aromatic nitrogens is 2. The Hall–Kier alpha value is -1.41. The van der Waals surface area contributed by atoms with Gasteiger partial charge < -0.3 is 0 Å². The molecule has 5 heteroatoms. The number of nitrogens with zero attached hydrogens (tertiary/aromatic N) is 1. The second-order valence-corrected chi connectivity index (χ2v) is 2.45. The largest absolute Gasteiger partial charge is 0.338 e. The van der Waals surface area contributed by atoms with E-state index in [2.05, 4.69) is 29.6 Å². The lowest BCUT2D eigenvalue weighted by Gasteiger charge is -1.93. The van der Waals surface area contributed by atoms with Crippen molar-refractivity contribution in [2.45, 2.75) is 6.92 Å². The molecule has 0 atom stereocenters. The smallest absolute Gasteiger partial charge is 0.272 e. The number of aromatic amines is 1. The summed E-state index contributed by atoms with van der Waals surface area (Å²) in [6.45, 7) is 1.60. The standard InChI is InChI=1S/C7H6N2O2S/c1-2-3-5-4-9(12)7(11)8-6(5)10/h4,12H,1H3,(H,8,10,11). The Morgan fingerprint density at radius 3 is 2.83 bits per heavy atom. The molecule has 0 bridgehead atoms. The summed E-state index contributed by atoms with van der Waals surface area (Å²) in [5.74, 6) is 5.09. The van der Waals surface area contributed by atoms with Crippen LogP contribution >= 0.6 is 12.8 Å². The van der Waals surface area contributed by atoms with E-state index in [1.807, 2.05) is 0 Å². The van der Waals surface area contributed by atoms with Crippen molar-refractivity contribution < 1.29 is 0 Å². The zero-order chi connectivity index (χ0) is 9.14. The van der Waals surface area contributed by atoms with Crippen molar-refractivity contribution in [3.05, 3.63) is 32.6 Å². The summed E-state index contributed by atoms with van der Waals surface area (Å²) < 4.78 is 0.973. The van der Waals surface area contributed by atoms with Gasteiger partial charge in [0.1, 0.15) is 5.56 Å². The number of H-pyrrole nitrogens is 1. The molecule has 0 aliphatic rings. The van der Waals surface area contributed by atoms with Crippen LogP contribution < -0.4 is 11.2 Å². The summed E-state index contributed by atoms with van der Waals surface area (Å²) in [5, 5.41) is 0. The van der Waals surface area contributed by atoms with E-state index in [4.69, 9.17) is 0 Å². The Labute approximate surface area is 73.8 Å². The van der Waals surface area contributed by atoms with Crippen molar-refractivity contribution in [3.63, 3.8) is 0 Å². The van der Waals surface area contributed by atoms with Gasteiger partial charge in [-0.2, -0.15) is 0 Å². The molecule has 0 aliphatic heterocycles. The third kappa shape index (κ3) is 1.60. The van der Waals surface area contributed by atoms with E-state index in [0.717, 1.165) is 3.97 Å². The summed E-state index contributed by atoms with van der Waals surface area (Å²) in [6, 6.07) is 0. The van der Waals surface area contributed by atoms with Crippen LogP contribution in [0.5, 0.6) is 0 Å². The molecule has 0 unspecified atom stereocenters. The lowest BCUT2D eigenvalue weighted by atomic mass is 10.3. The predicted octanol–water partition coefficient (Wildman–Crippen LogP) is -0.399. The SMILES string of the molecule is CC#Cc1cn(S)c(=O)[nH]c1=O. The molecule has 0 fully saturated rings. The summed E-state index contributed by atoms with van der Waals surface area (Å²) >= 11 is 3.77. The van der Waals surface area contributed by atoms with E-state index in [0.29, 0.717) is 0 Å².